The summed E-state index contributed by atoms with van der Waals surface area (Å²) in [6.45, 7) is 7.75. The van der Waals surface area contributed by atoms with Crippen molar-refractivity contribution in [2.75, 3.05) is 0 Å². The number of carbonyl (C=O) groups excluding carboxylic acids is 1. The quantitative estimate of drug-likeness (QED) is 0.887. The molecule has 1 aliphatic heterocycles. The maximum Gasteiger partial charge on any atom is 0.262 e. The van der Waals surface area contributed by atoms with E-state index in [4.69, 9.17) is 0 Å². The number of hydrogen-bond donors (Lipinski definition) is 2. The van der Waals surface area contributed by atoms with Crippen LogP contribution in [0, 0.1) is 11.8 Å². The maximum absolute atomic E-state index is 13.0. The van der Waals surface area contributed by atoms with Gasteiger partial charge in [-0.1, -0.05) is 39.8 Å². The molecule has 0 saturated heterocycles. The monoisotopic (exact) mass is 327 g/mol. The molecule has 126 valence electrons. The van der Waals surface area contributed by atoms with E-state index in [0.717, 1.165) is 0 Å². The molecule has 1 amide bonds. The SMILES string of the molecule is CC(C)/C=C1\NC(=O)[C@@H](C(C)C)n2c1nc1c(O)cccc1c2=O. The number of nitrogens with one attached hydrogen (secondary N) is 1. The maximum atomic E-state index is 13.0. The highest BCUT2D eigenvalue weighted by Crippen LogP contribution is 2.29. The lowest BCUT2D eigenvalue weighted by Gasteiger charge is -2.31. The minimum Gasteiger partial charge on any atom is -0.506 e. The van der Waals surface area contributed by atoms with Crippen LogP contribution in [0.15, 0.2) is 29.1 Å². The van der Waals surface area contributed by atoms with E-state index in [2.05, 4.69) is 10.3 Å². The summed E-state index contributed by atoms with van der Waals surface area (Å²) >= 11 is 0. The van der Waals surface area contributed by atoms with Crippen LogP contribution in [0.2, 0.25) is 0 Å². The zero-order valence-corrected chi connectivity index (χ0v) is 14.2. The average Bonchev–Trinajstić information content (AvgIpc) is 2.48. The number of phenols is 1. The molecular formula is C18H21N3O3. The molecule has 0 radical (unpaired) electrons. The highest BCUT2D eigenvalue weighted by atomic mass is 16.3. The van der Waals surface area contributed by atoms with Crippen LogP contribution in [0.5, 0.6) is 5.75 Å². The summed E-state index contributed by atoms with van der Waals surface area (Å²) in [7, 11) is 0. The van der Waals surface area contributed by atoms with Gasteiger partial charge in [-0.15, -0.1) is 0 Å². The molecule has 1 aliphatic rings. The number of fused-ring (bicyclic) bond motifs is 2. The number of rotatable bonds is 2. The van der Waals surface area contributed by atoms with Crippen molar-refractivity contribution in [1.82, 2.24) is 14.9 Å². The van der Waals surface area contributed by atoms with Crippen LogP contribution in [-0.2, 0) is 4.79 Å². The smallest absolute Gasteiger partial charge is 0.262 e. The number of hydrogen-bond acceptors (Lipinski definition) is 4. The van der Waals surface area contributed by atoms with E-state index < -0.39 is 6.04 Å². The number of allylic oxidation sites excluding steroid dienone is 1. The van der Waals surface area contributed by atoms with Crippen LogP contribution in [0.3, 0.4) is 0 Å². The summed E-state index contributed by atoms with van der Waals surface area (Å²) in [5.41, 5.74) is 0.449. The number of benzene rings is 1. The Labute approximate surface area is 139 Å². The number of phenolic OH excluding ortho intramolecular Hbond substituents is 1. The normalized spacial score (nSPS) is 19.2. The molecular weight excluding hydrogens is 306 g/mol. The Balaban J connectivity index is 2.43. The second-order valence-electron chi connectivity index (χ2n) is 6.79. The first kappa shape index (κ1) is 16.2. The zero-order chi connectivity index (χ0) is 17.6. The number of aromatic nitrogens is 2. The Hall–Kier alpha value is -2.63. The van der Waals surface area contributed by atoms with Crippen molar-refractivity contribution < 1.29 is 9.90 Å². The van der Waals surface area contributed by atoms with Crippen molar-refractivity contribution in [1.29, 1.82) is 0 Å². The topological polar surface area (TPSA) is 84.2 Å². The van der Waals surface area contributed by atoms with Gasteiger partial charge in [-0.3, -0.25) is 14.2 Å². The minimum absolute atomic E-state index is 0.0464. The second-order valence-corrected chi connectivity index (χ2v) is 6.79. The van der Waals surface area contributed by atoms with Crippen LogP contribution in [0.1, 0.15) is 39.6 Å². The molecule has 0 spiro atoms. The third-order valence-corrected chi connectivity index (χ3v) is 4.09. The fourth-order valence-corrected chi connectivity index (χ4v) is 3.09. The zero-order valence-electron chi connectivity index (χ0n) is 14.2. The van der Waals surface area contributed by atoms with E-state index in [1.165, 1.54) is 10.6 Å². The Bertz CT molecular complexity index is 910. The molecule has 0 fully saturated rings. The Morgan fingerprint density at radius 2 is 1.96 bits per heavy atom. The van der Waals surface area contributed by atoms with Gasteiger partial charge in [0.2, 0.25) is 5.91 Å². The molecule has 0 aliphatic carbocycles. The van der Waals surface area contributed by atoms with Crippen molar-refractivity contribution >= 4 is 22.5 Å². The van der Waals surface area contributed by atoms with Gasteiger partial charge in [-0.05, 0) is 24.0 Å². The predicted molar refractivity (Wildman–Crippen MR) is 92.5 cm³/mol. The molecule has 1 atom stereocenters. The van der Waals surface area contributed by atoms with Gasteiger partial charge in [0.1, 0.15) is 17.3 Å². The molecule has 0 saturated carbocycles. The summed E-state index contributed by atoms with van der Waals surface area (Å²) in [6, 6.07) is 4.09. The van der Waals surface area contributed by atoms with Crippen LogP contribution in [-0.4, -0.2) is 20.6 Å². The fraction of sp³-hybridized carbons (Fsp3) is 0.389. The molecule has 0 unspecified atom stereocenters. The van der Waals surface area contributed by atoms with Gasteiger partial charge in [0.05, 0.1) is 11.1 Å². The van der Waals surface area contributed by atoms with Crippen LogP contribution in [0.4, 0.5) is 0 Å². The van der Waals surface area contributed by atoms with Crippen molar-refractivity contribution in [3.63, 3.8) is 0 Å². The Kier molecular flexibility index (Phi) is 3.91. The van der Waals surface area contributed by atoms with E-state index >= 15 is 0 Å². The van der Waals surface area contributed by atoms with Crippen molar-refractivity contribution in [2.45, 2.75) is 33.7 Å². The van der Waals surface area contributed by atoms with Gasteiger partial charge in [-0.2, -0.15) is 0 Å². The summed E-state index contributed by atoms with van der Waals surface area (Å²) in [6.07, 6.45) is 1.86. The molecule has 1 aromatic carbocycles. The lowest BCUT2D eigenvalue weighted by Crippen LogP contribution is -2.46. The number of amides is 1. The molecule has 6 nitrogen and oxygen atoms in total. The number of aromatic hydroxyl groups is 1. The van der Waals surface area contributed by atoms with E-state index in [1.54, 1.807) is 12.1 Å². The molecule has 2 N–H and O–H groups in total. The molecule has 1 aromatic heterocycles. The lowest BCUT2D eigenvalue weighted by molar-refractivity contribution is -0.125. The standard InChI is InChI=1S/C18H21N3O3/c1-9(2)8-12-16-20-14-11(6-5-7-13(14)22)18(24)21(16)15(10(3)4)17(23)19-12/h5-10,15,22H,1-4H3,(H,19,23)/b12-8-/t15-/m1/s1. The first-order valence-electron chi connectivity index (χ1n) is 8.08. The molecule has 24 heavy (non-hydrogen) atoms. The van der Waals surface area contributed by atoms with Gasteiger partial charge < -0.3 is 10.4 Å². The van der Waals surface area contributed by atoms with Crippen molar-refractivity contribution in [3.8, 4) is 5.75 Å². The van der Waals surface area contributed by atoms with Crippen LogP contribution in [0.25, 0.3) is 16.6 Å². The van der Waals surface area contributed by atoms with E-state index in [0.29, 0.717) is 16.9 Å². The third-order valence-electron chi connectivity index (χ3n) is 4.09. The van der Waals surface area contributed by atoms with Gasteiger partial charge in [0, 0.05) is 0 Å². The van der Waals surface area contributed by atoms with Gasteiger partial charge >= 0.3 is 0 Å². The van der Waals surface area contributed by atoms with Crippen LogP contribution < -0.4 is 10.9 Å². The number of para-hydroxylation sites is 1. The lowest BCUT2D eigenvalue weighted by atomic mass is 9.99. The molecule has 6 heteroatoms. The third kappa shape index (κ3) is 2.48. The molecule has 2 aromatic rings. The first-order chi connectivity index (χ1) is 11.3. The predicted octanol–water partition coefficient (Wildman–Crippen LogP) is 2.43. The number of carbonyl (C=O) groups is 1. The Morgan fingerprint density at radius 3 is 2.58 bits per heavy atom. The molecule has 2 heterocycles. The van der Waals surface area contributed by atoms with Gasteiger partial charge in [-0.25, -0.2) is 4.98 Å². The van der Waals surface area contributed by atoms with E-state index in [1.807, 2.05) is 33.8 Å². The highest BCUT2D eigenvalue weighted by Gasteiger charge is 2.35. The summed E-state index contributed by atoms with van der Waals surface area (Å²) in [5, 5.41) is 13.2. The summed E-state index contributed by atoms with van der Waals surface area (Å²) < 4.78 is 1.46. The number of nitrogens with zero attached hydrogens (tertiary/aromatic N) is 2. The molecule has 0 bridgehead atoms. The largest absolute Gasteiger partial charge is 0.506 e. The summed E-state index contributed by atoms with van der Waals surface area (Å²) in [5.74, 6) is 0.226. The molecule has 3 rings (SSSR count). The average molecular weight is 327 g/mol. The first-order valence-corrected chi connectivity index (χ1v) is 8.08. The van der Waals surface area contributed by atoms with Crippen molar-refractivity contribution in [3.05, 3.63) is 40.5 Å². The second kappa shape index (κ2) is 5.78. The highest BCUT2D eigenvalue weighted by molar-refractivity contribution is 5.93. The van der Waals surface area contributed by atoms with E-state index in [9.17, 15) is 14.7 Å². The van der Waals surface area contributed by atoms with Crippen molar-refractivity contribution in [2.24, 2.45) is 11.8 Å². The van der Waals surface area contributed by atoms with Gasteiger partial charge in [0.25, 0.3) is 5.56 Å². The van der Waals surface area contributed by atoms with E-state index in [-0.39, 0.29) is 34.6 Å². The Morgan fingerprint density at radius 1 is 1.25 bits per heavy atom. The van der Waals surface area contributed by atoms with Crippen LogP contribution >= 0.6 is 0 Å². The fourth-order valence-electron chi connectivity index (χ4n) is 3.09. The minimum atomic E-state index is -0.629. The van der Waals surface area contributed by atoms with Gasteiger partial charge in [0.15, 0.2) is 5.82 Å². The summed E-state index contributed by atoms with van der Waals surface area (Å²) in [4.78, 5) is 30.1.